The maximum absolute atomic E-state index is 5.94. The van der Waals surface area contributed by atoms with Crippen molar-refractivity contribution in [2.45, 2.75) is 53.2 Å². The van der Waals surface area contributed by atoms with Crippen molar-refractivity contribution in [2.75, 3.05) is 26.2 Å². The van der Waals surface area contributed by atoms with E-state index >= 15 is 0 Å². The second-order valence-electron chi connectivity index (χ2n) is 8.34. The van der Waals surface area contributed by atoms with Crippen molar-refractivity contribution < 1.29 is 4.74 Å². The molecule has 3 nitrogen and oxygen atoms in total. The van der Waals surface area contributed by atoms with E-state index in [-0.39, 0.29) is 11.0 Å². The summed E-state index contributed by atoms with van der Waals surface area (Å²) in [6.45, 7) is 17.6. The van der Waals surface area contributed by atoms with Gasteiger partial charge in [0.2, 0.25) is 0 Å². The number of ether oxygens (including phenoxy) is 1. The third-order valence-electron chi connectivity index (χ3n) is 3.96. The summed E-state index contributed by atoms with van der Waals surface area (Å²) in [5.41, 5.74) is 1.45. The van der Waals surface area contributed by atoms with E-state index < -0.39 is 0 Å². The molecule has 0 bridgehead atoms. The van der Waals surface area contributed by atoms with E-state index in [1.54, 1.807) is 0 Å². The Kier molecular flexibility index (Phi) is 5.18. The van der Waals surface area contributed by atoms with Gasteiger partial charge in [-0.3, -0.25) is 4.90 Å². The Morgan fingerprint density at radius 2 is 1.50 bits per heavy atom. The molecule has 124 valence electrons. The van der Waals surface area contributed by atoms with E-state index in [0.717, 1.165) is 31.9 Å². The van der Waals surface area contributed by atoms with E-state index in [0.29, 0.717) is 6.04 Å². The Hall–Kier alpha value is -1.06. The summed E-state index contributed by atoms with van der Waals surface area (Å²) in [5, 5.41) is 3.45. The van der Waals surface area contributed by atoms with Gasteiger partial charge < -0.3 is 10.1 Å². The number of benzene rings is 1. The Bertz CT molecular complexity index is 462. The third-order valence-corrected chi connectivity index (χ3v) is 3.96. The van der Waals surface area contributed by atoms with E-state index in [2.05, 4.69) is 76.0 Å². The number of rotatable bonds is 3. The van der Waals surface area contributed by atoms with Gasteiger partial charge in [-0.15, -0.1) is 0 Å². The van der Waals surface area contributed by atoms with Crippen molar-refractivity contribution in [3.8, 4) is 5.75 Å². The van der Waals surface area contributed by atoms with Gasteiger partial charge in [0.1, 0.15) is 11.4 Å². The van der Waals surface area contributed by atoms with Gasteiger partial charge in [0, 0.05) is 32.2 Å². The zero-order valence-electron chi connectivity index (χ0n) is 15.1. The van der Waals surface area contributed by atoms with Crippen LogP contribution in [0.1, 0.15) is 53.1 Å². The van der Waals surface area contributed by atoms with Crippen LogP contribution in [0.5, 0.6) is 5.75 Å². The van der Waals surface area contributed by atoms with Crippen LogP contribution >= 0.6 is 0 Å². The summed E-state index contributed by atoms with van der Waals surface area (Å²) in [5.74, 6) is 0.948. The normalized spacial score (nSPS) is 19.0. The van der Waals surface area contributed by atoms with Crippen molar-refractivity contribution in [3.63, 3.8) is 0 Å². The minimum absolute atomic E-state index is 0.149. The van der Waals surface area contributed by atoms with Gasteiger partial charge in [-0.1, -0.05) is 32.9 Å². The fourth-order valence-corrected chi connectivity index (χ4v) is 3.27. The van der Waals surface area contributed by atoms with Gasteiger partial charge >= 0.3 is 0 Å². The molecule has 1 N–H and O–H groups in total. The molecule has 1 aliphatic rings. The van der Waals surface area contributed by atoms with E-state index in [1.807, 2.05) is 0 Å². The Labute approximate surface area is 136 Å². The summed E-state index contributed by atoms with van der Waals surface area (Å²) in [7, 11) is 0. The molecule has 3 heteroatoms. The van der Waals surface area contributed by atoms with Crippen molar-refractivity contribution in [1.29, 1.82) is 0 Å². The molecule has 0 saturated carbocycles. The molecule has 0 unspecified atom stereocenters. The van der Waals surface area contributed by atoms with Gasteiger partial charge in [0.25, 0.3) is 0 Å². The Morgan fingerprint density at radius 3 is 1.95 bits per heavy atom. The first-order valence-electron chi connectivity index (χ1n) is 8.40. The lowest BCUT2D eigenvalue weighted by Gasteiger charge is -2.42. The van der Waals surface area contributed by atoms with Crippen LogP contribution in [0.4, 0.5) is 0 Å². The topological polar surface area (TPSA) is 24.5 Å². The molecule has 1 heterocycles. The van der Waals surface area contributed by atoms with Crippen LogP contribution in [0.25, 0.3) is 0 Å². The van der Waals surface area contributed by atoms with Crippen LogP contribution in [-0.2, 0) is 0 Å². The van der Waals surface area contributed by atoms with Gasteiger partial charge in [0.05, 0.1) is 0 Å². The van der Waals surface area contributed by atoms with E-state index in [4.69, 9.17) is 4.74 Å². The van der Waals surface area contributed by atoms with Gasteiger partial charge in [-0.2, -0.15) is 0 Å². The molecule has 1 aromatic rings. The molecule has 1 aliphatic heterocycles. The van der Waals surface area contributed by atoms with Crippen LogP contribution in [-0.4, -0.2) is 36.7 Å². The molecular formula is C19H32N2O. The molecule has 2 rings (SSSR count). The first-order chi connectivity index (χ1) is 10.2. The highest BCUT2D eigenvalue weighted by molar-refractivity contribution is 5.30. The van der Waals surface area contributed by atoms with Gasteiger partial charge in [0.15, 0.2) is 0 Å². The fourth-order valence-electron chi connectivity index (χ4n) is 3.27. The highest BCUT2D eigenvalue weighted by Crippen LogP contribution is 2.38. The van der Waals surface area contributed by atoms with E-state index in [1.165, 1.54) is 5.56 Å². The number of hydrogen-bond donors (Lipinski definition) is 1. The first-order valence-corrected chi connectivity index (χ1v) is 8.40. The molecule has 0 aliphatic carbocycles. The molecule has 1 saturated heterocycles. The summed E-state index contributed by atoms with van der Waals surface area (Å²) in [6.07, 6.45) is 0. The van der Waals surface area contributed by atoms with E-state index in [9.17, 15) is 0 Å². The first kappa shape index (κ1) is 17.3. The molecular weight excluding hydrogens is 272 g/mol. The minimum atomic E-state index is -0.149. The van der Waals surface area contributed by atoms with Crippen molar-refractivity contribution >= 4 is 0 Å². The second-order valence-corrected chi connectivity index (χ2v) is 8.34. The lowest BCUT2D eigenvalue weighted by molar-refractivity contribution is 0.0859. The van der Waals surface area contributed by atoms with Crippen molar-refractivity contribution in [3.05, 3.63) is 29.8 Å². The molecule has 0 amide bonds. The van der Waals surface area contributed by atoms with Crippen molar-refractivity contribution in [1.82, 2.24) is 10.2 Å². The summed E-state index contributed by atoms with van der Waals surface area (Å²) >= 11 is 0. The Morgan fingerprint density at radius 1 is 0.955 bits per heavy atom. The lowest BCUT2D eigenvalue weighted by atomic mass is 9.81. The average molecular weight is 304 g/mol. The number of hydrogen-bond acceptors (Lipinski definition) is 3. The molecule has 0 spiro atoms. The zero-order valence-corrected chi connectivity index (χ0v) is 15.1. The van der Waals surface area contributed by atoms with Crippen LogP contribution in [0.15, 0.2) is 24.3 Å². The van der Waals surface area contributed by atoms with Crippen LogP contribution < -0.4 is 10.1 Å². The predicted octanol–water partition coefficient (Wildman–Crippen LogP) is 3.86. The molecule has 22 heavy (non-hydrogen) atoms. The summed E-state index contributed by atoms with van der Waals surface area (Å²) in [6, 6.07) is 9.14. The summed E-state index contributed by atoms with van der Waals surface area (Å²) < 4.78 is 5.94. The molecule has 0 radical (unpaired) electrons. The molecule has 1 aromatic carbocycles. The van der Waals surface area contributed by atoms with Crippen LogP contribution in [0.2, 0.25) is 0 Å². The maximum Gasteiger partial charge on any atom is 0.120 e. The van der Waals surface area contributed by atoms with Crippen LogP contribution in [0, 0.1) is 5.41 Å². The minimum Gasteiger partial charge on any atom is -0.488 e. The van der Waals surface area contributed by atoms with Crippen LogP contribution in [0.3, 0.4) is 0 Å². The maximum atomic E-state index is 5.94. The second kappa shape index (κ2) is 6.59. The number of piperazine rings is 1. The van der Waals surface area contributed by atoms with Gasteiger partial charge in [-0.25, -0.2) is 0 Å². The zero-order chi connectivity index (χ0) is 16.4. The highest BCUT2D eigenvalue weighted by atomic mass is 16.5. The monoisotopic (exact) mass is 304 g/mol. The largest absolute Gasteiger partial charge is 0.488 e. The quantitative estimate of drug-likeness (QED) is 0.918. The Balaban J connectivity index is 2.20. The number of nitrogens with one attached hydrogen (secondary N) is 1. The molecule has 0 aromatic heterocycles. The molecule has 1 fully saturated rings. The van der Waals surface area contributed by atoms with Crippen molar-refractivity contribution in [2.24, 2.45) is 5.41 Å². The average Bonchev–Trinajstić information content (AvgIpc) is 2.39. The van der Waals surface area contributed by atoms with Gasteiger partial charge in [-0.05, 0) is 43.9 Å². The standard InChI is InChI=1S/C19H32N2O/c1-18(2,3)17(21-13-11-20-12-14-21)15-7-9-16(10-8-15)22-19(4,5)6/h7-10,17,20H,11-14H2,1-6H3/t17-/m0/s1. The SMILES string of the molecule is CC(C)(C)Oc1ccc([C@H](N2CCNCC2)C(C)(C)C)cc1. The third kappa shape index (κ3) is 4.72. The smallest absolute Gasteiger partial charge is 0.120 e. The lowest BCUT2D eigenvalue weighted by Crippen LogP contribution is -2.48. The summed E-state index contributed by atoms with van der Waals surface area (Å²) in [4.78, 5) is 2.61. The highest BCUT2D eigenvalue weighted by Gasteiger charge is 2.32. The predicted molar refractivity (Wildman–Crippen MR) is 93.5 cm³/mol. The fraction of sp³-hybridized carbons (Fsp3) is 0.684. The molecule has 1 atom stereocenters. The number of nitrogens with zero attached hydrogens (tertiary/aromatic N) is 1.